The molecule has 1 aliphatic heterocycles. The predicted octanol–water partition coefficient (Wildman–Crippen LogP) is 2.41. The van der Waals surface area contributed by atoms with Crippen LogP contribution in [-0.2, 0) is 4.79 Å². The maximum Gasteiger partial charge on any atom is 0.263 e. The first-order valence-electron chi connectivity index (χ1n) is 6.15. The van der Waals surface area contributed by atoms with Gasteiger partial charge in [-0.3, -0.25) is 9.79 Å². The van der Waals surface area contributed by atoms with E-state index in [9.17, 15) is 4.79 Å². The molecule has 3 rings (SSSR count). The minimum Gasteiger partial charge on any atom is -0.322 e. The van der Waals surface area contributed by atoms with E-state index in [4.69, 9.17) is 17.3 Å². The van der Waals surface area contributed by atoms with E-state index in [0.29, 0.717) is 16.4 Å². The van der Waals surface area contributed by atoms with Crippen molar-refractivity contribution in [1.82, 2.24) is 0 Å². The Labute approximate surface area is 121 Å². The Hall–Kier alpha value is -2.17. The minimum absolute atomic E-state index is 0.325. The second-order valence-corrected chi connectivity index (χ2v) is 4.90. The summed E-state index contributed by atoms with van der Waals surface area (Å²) in [5, 5.41) is 3.39. The van der Waals surface area contributed by atoms with Gasteiger partial charge in [-0.2, -0.15) is 0 Å². The highest BCUT2D eigenvalue weighted by molar-refractivity contribution is 6.31. The van der Waals surface area contributed by atoms with Gasteiger partial charge in [0.1, 0.15) is 0 Å². The molecule has 0 aliphatic carbocycles. The number of anilines is 1. The highest BCUT2D eigenvalue weighted by atomic mass is 35.5. The molecule has 3 N–H and O–H groups in total. The molecule has 0 aromatic heterocycles. The first-order chi connectivity index (χ1) is 9.65. The third-order valence-electron chi connectivity index (χ3n) is 3.07. The van der Waals surface area contributed by atoms with E-state index in [1.807, 2.05) is 36.4 Å². The number of hydrogen-bond acceptors (Lipinski definition) is 3. The van der Waals surface area contributed by atoms with Crippen molar-refractivity contribution in [2.45, 2.75) is 6.17 Å². The number of aliphatic imine (C=N–C) groups is 1. The van der Waals surface area contributed by atoms with Gasteiger partial charge in [-0.15, -0.1) is 0 Å². The fourth-order valence-electron chi connectivity index (χ4n) is 2.14. The molecule has 0 fully saturated rings. The highest BCUT2D eigenvalue weighted by Gasteiger charge is 2.22. The molecule has 1 heterocycles. The van der Waals surface area contributed by atoms with Crippen molar-refractivity contribution in [3.05, 3.63) is 64.7 Å². The first kappa shape index (κ1) is 12.8. The second-order valence-electron chi connectivity index (χ2n) is 4.47. The third-order valence-corrected chi connectivity index (χ3v) is 3.31. The van der Waals surface area contributed by atoms with Gasteiger partial charge in [-0.05, 0) is 18.2 Å². The molecule has 5 heteroatoms. The van der Waals surface area contributed by atoms with E-state index in [-0.39, 0.29) is 5.91 Å². The number of nitrogens with zero attached hydrogens (tertiary/aromatic N) is 1. The summed E-state index contributed by atoms with van der Waals surface area (Å²) < 4.78 is 0. The Kier molecular flexibility index (Phi) is 3.26. The second kappa shape index (κ2) is 5.07. The van der Waals surface area contributed by atoms with Gasteiger partial charge in [-0.1, -0.05) is 41.9 Å². The standard InChI is InChI=1S/C15H12ClN3O/c16-10-5-3-4-9(8-10)13-11-6-1-2-7-12(11)18-15(20)14(17)19-13/h1-8,14H,17H2,(H,18,20). The van der Waals surface area contributed by atoms with Crippen LogP contribution in [0.5, 0.6) is 0 Å². The van der Waals surface area contributed by atoms with E-state index in [1.165, 1.54) is 0 Å². The number of carbonyl (C=O) groups excluding carboxylic acids is 1. The van der Waals surface area contributed by atoms with Crippen LogP contribution in [0.1, 0.15) is 11.1 Å². The maximum atomic E-state index is 11.9. The molecular formula is C15H12ClN3O. The molecule has 1 atom stereocenters. The van der Waals surface area contributed by atoms with Gasteiger partial charge in [-0.25, -0.2) is 0 Å². The lowest BCUT2D eigenvalue weighted by Crippen LogP contribution is -2.33. The molecule has 2 aromatic rings. The van der Waals surface area contributed by atoms with Crippen molar-refractivity contribution in [3.8, 4) is 0 Å². The van der Waals surface area contributed by atoms with Crippen LogP contribution in [0.3, 0.4) is 0 Å². The third kappa shape index (κ3) is 2.31. The largest absolute Gasteiger partial charge is 0.322 e. The number of nitrogens with one attached hydrogen (secondary N) is 1. The Bertz CT molecular complexity index is 712. The van der Waals surface area contributed by atoms with Crippen molar-refractivity contribution in [1.29, 1.82) is 0 Å². The summed E-state index contributed by atoms with van der Waals surface area (Å²) >= 11 is 6.03. The van der Waals surface area contributed by atoms with Crippen molar-refractivity contribution in [2.75, 3.05) is 5.32 Å². The fourth-order valence-corrected chi connectivity index (χ4v) is 2.33. The summed E-state index contributed by atoms with van der Waals surface area (Å²) in [6, 6.07) is 14.8. The molecular weight excluding hydrogens is 274 g/mol. The molecule has 1 unspecified atom stereocenters. The smallest absolute Gasteiger partial charge is 0.263 e. The molecule has 0 radical (unpaired) electrons. The van der Waals surface area contributed by atoms with Gasteiger partial charge in [0.2, 0.25) is 0 Å². The van der Waals surface area contributed by atoms with Crippen LogP contribution >= 0.6 is 11.6 Å². The molecule has 100 valence electrons. The van der Waals surface area contributed by atoms with E-state index in [0.717, 1.165) is 11.1 Å². The van der Waals surface area contributed by atoms with Gasteiger partial charge in [0.15, 0.2) is 6.17 Å². The summed E-state index contributed by atoms with van der Waals surface area (Å²) in [6.45, 7) is 0. The van der Waals surface area contributed by atoms with Gasteiger partial charge in [0.05, 0.1) is 11.4 Å². The zero-order valence-corrected chi connectivity index (χ0v) is 11.3. The number of para-hydroxylation sites is 1. The topological polar surface area (TPSA) is 67.5 Å². The quantitative estimate of drug-likeness (QED) is 0.845. The summed E-state index contributed by atoms with van der Waals surface area (Å²) in [7, 11) is 0. The number of amides is 1. The van der Waals surface area contributed by atoms with Crippen LogP contribution in [0.4, 0.5) is 5.69 Å². The summed E-state index contributed by atoms with van der Waals surface area (Å²) in [6.07, 6.45) is -0.934. The van der Waals surface area contributed by atoms with E-state index in [1.54, 1.807) is 12.1 Å². The summed E-state index contributed by atoms with van der Waals surface area (Å²) in [4.78, 5) is 16.2. The van der Waals surface area contributed by atoms with E-state index >= 15 is 0 Å². The summed E-state index contributed by atoms with van der Waals surface area (Å²) in [5.41, 5.74) is 8.81. The number of fused-ring (bicyclic) bond motifs is 1. The Balaban J connectivity index is 2.21. The molecule has 2 aromatic carbocycles. The lowest BCUT2D eigenvalue weighted by Gasteiger charge is -2.09. The van der Waals surface area contributed by atoms with Crippen molar-refractivity contribution in [2.24, 2.45) is 10.7 Å². The van der Waals surface area contributed by atoms with Gasteiger partial charge >= 0.3 is 0 Å². The SMILES string of the molecule is NC1N=C(c2cccc(Cl)c2)c2ccccc2NC1=O. The molecule has 1 aliphatic rings. The molecule has 0 bridgehead atoms. The summed E-state index contributed by atoms with van der Waals surface area (Å²) in [5.74, 6) is -0.325. The molecule has 0 saturated carbocycles. The highest BCUT2D eigenvalue weighted by Crippen LogP contribution is 2.24. The van der Waals surface area contributed by atoms with Gasteiger partial charge in [0, 0.05) is 16.1 Å². The zero-order chi connectivity index (χ0) is 14.1. The van der Waals surface area contributed by atoms with Crippen LogP contribution in [0.25, 0.3) is 0 Å². The van der Waals surface area contributed by atoms with Gasteiger partial charge < -0.3 is 11.1 Å². The number of nitrogens with two attached hydrogens (primary N) is 1. The Morgan fingerprint density at radius 2 is 1.95 bits per heavy atom. The number of carbonyl (C=O) groups is 1. The van der Waals surface area contributed by atoms with Gasteiger partial charge in [0.25, 0.3) is 5.91 Å². The molecule has 0 saturated heterocycles. The number of benzene rings is 2. The maximum absolute atomic E-state index is 11.9. The van der Waals surface area contributed by atoms with E-state index in [2.05, 4.69) is 10.3 Å². The van der Waals surface area contributed by atoms with Crippen LogP contribution in [0, 0.1) is 0 Å². The Morgan fingerprint density at radius 3 is 2.75 bits per heavy atom. The normalized spacial score (nSPS) is 17.8. The lowest BCUT2D eigenvalue weighted by atomic mass is 10.0. The van der Waals surface area contributed by atoms with Crippen LogP contribution in [-0.4, -0.2) is 17.8 Å². The first-order valence-corrected chi connectivity index (χ1v) is 6.52. The number of benzodiazepines with no additional fused rings is 1. The van der Waals surface area contributed by atoms with Crippen molar-refractivity contribution in [3.63, 3.8) is 0 Å². The molecule has 0 spiro atoms. The number of rotatable bonds is 1. The molecule has 1 amide bonds. The predicted molar refractivity (Wildman–Crippen MR) is 80.1 cm³/mol. The minimum atomic E-state index is -0.934. The Morgan fingerprint density at radius 1 is 1.15 bits per heavy atom. The average molecular weight is 286 g/mol. The van der Waals surface area contributed by atoms with Crippen molar-refractivity contribution >= 4 is 28.9 Å². The fraction of sp³-hybridized carbons (Fsp3) is 0.0667. The number of halogens is 1. The van der Waals surface area contributed by atoms with Crippen LogP contribution < -0.4 is 11.1 Å². The van der Waals surface area contributed by atoms with Crippen molar-refractivity contribution < 1.29 is 4.79 Å². The van der Waals surface area contributed by atoms with Crippen LogP contribution in [0.2, 0.25) is 5.02 Å². The molecule has 20 heavy (non-hydrogen) atoms. The van der Waals surface area contributed by atoms with Crippen LogP contribution in [0.15, 0.2) is 53.5 Å². The number of hydrogen-bond donors (Lipinski definition) is 2. The van der Waals surface area contributed by atoms with E-state index < -0.39 is 6.17 Å². The average Bonchev–Trinajstić information content (AvgIpc) is 2.57. The molecule has 4 nitrogen and oxygen atoms in total. The lowest BCUT2D eigenvalue weighted by molar-refractivity contribution is -0.117. The monoisotopic (exact) mass is 285 g/mol. The zero-order valence-electron chi connectivity index (χ0n) is 10.5.